The zero-order chi connectivity index (χ0) is 17.3. The van der Waals surface area contributed by atoms with E-state index in [9.17, 15) is 13.2 Å². The highest BCUT2D eigenvalue weighted by Crippen LogP contribution is 2.17. The van der Waals surface area contributed by atoms with E-state index in [1.165, 1.54) is 22.8 Å². The third-order valence-electron chi connectivity index (χ3n) is 3.42. The van der Waals surface area contributed by atoms with Gasteiger partial charge in [0, 0.05) is 11.9 Å². The molecule has 23 heavy (non-hydrogen) atoms. The van der Waals surface area contributed by atoms with Crippen molar-refractivity contribution in [2.45, 2.75) is 52.5 Å². The zero-order valence-corrected chi connectivity index (χ0v) is 15.7. The molecule has 1 rings (SSSR count). The SMILES string of the molecule is CCCCCN(Cc1nc(C(=O)OC)cs1)S(=O)(=O)CCCC. The first kappa shape index (κ1) is 20.1. The predicted molar refractivity (Wildman–Crippen MR) is 92.1 cm³/mol. The van der Waals surface area contributed by atoms with Crippen LogP contribution in [0.2, 0.25) is 0 Å². The molecule has 1 aromatic rings. The Morgan fingerprint density at radius 1 is 1.26 bits per heavy atom. The van der Waals surface area contributed by atoms with Gasteiger partial charge in [-0.05, 0) is 12.8 Å². The Balaban J connectivity index is 2.83. The highest BCUT2D eigenvalue weighted by Gasteiger charge is 2.23. The van der Waals surface area contributed by atoms with Crippen molar-refractivity contribution in [2.24, 2.45) is 0 Å². The molecule has 0 amide bonds. The summed E-state index contributed by atoms with van der Waals surface area (Å²) in [4.78, 5) is 15.6. The molecule has 6 nitrogen and oxygen atoms in total. The van der Waals surface area contributed by atoms with Crippen molar-refractivity contribution in [2.75, 3.05) is 19.4 Å². The minimum Gasteiger partial charge on any atom is -0.464 e. The predicted octanol–water partition coefficient (Wildman–Crippen LogP) is 3.05. The number of nitrogens with zero attached hydrogens (tertiary/aromatic N) is 2. The molecule has 0 unspecified atom stereocenters. The Bertz CT molecular complexity index is 584. The summed E-state index contributed by atoms with van der Waals surface area (Å²) >= 11 is 1.28. The van der Waals surface area contributed by atoms with E-state index in [-0.39, 0.29) is 18.0 Å². The first-order valence-corrected chi connectivity index (χ1v) is 10.4. The molecular formula is C15H26N2O4S2. The molecule has 132 valence electrons. The Kier molecular flexibility index (Phi) is 8.72. The summed E-state index contributed by atoms with van der Waals surface area (Å²) in [6, 6.07) is 0. The van der Waals surface area contributed by atoms with Crippen LogP contribution in [-0.4, -0.2) is 43.1 Å². The molecule has 0 fully saturated rings. The summed E-state index contributed by atoms with van der Waals surface area (Å²) in [5.74, 6) is -0.343. The smallest absolute Gasteiger partial charge is 0.357 e. The number of aromatic nitrogens is 1. The monoisotopic (exact) mass is 362 g/mol. The number of rotatable bonds is 11. The largest absolute Gasteiger partial charge is 0.464 e. The molecule has 1 aromatic heterocycles. The Labute approximate surface area is 142 Å². The van der Waals surface area contributed by atoms with E-state index >= 15 is 0 Å². The van der Waals surface area contributed by atoms with Crippen molar-refractivity contribution in [1.29, 1.82) is 0 Å². The normalized spacial score (nSPS) is 11.8. The number of carbonyl (C=O) groups is 1. The minimum absolute atomic E-state index is 0.158. The molecule has 0 radical (unpaired) electrons. The van der Waals surface area contributed by atoms with Crippen molar-refractivity contribution in [3.63, 3.8) is 0 Å². The lowest BCUT2D eigenvalue weighted by Gasteiger charge is -2.21. The molecule has 0 aliphatic carbocycles. The van der Waals surface area contributed by atoms with Crippen molar-refractivity contribution < 1.29 is 17.9 Å². The molecule has 0 saturated carbocycles. The van der Waals surface area contributed by atoms with Gasteiger partial charge < -0.3 is 4.74 Å². The maximum atomic E-state index is 12.5. The maximum absolute atomic E-state index is 12.5. The van der Waals surface area contributed by atoms with Gasteiger partial charge in [-0.15, -0.1) is 11.3 Å². The molecule has 0 aliphatic rings. The van der Waals surface area contributed by atoms with Gasteiger partial charge in [0.1, 0.15) is 5.01 Å². The van der Waals surface area contributed by atoms with Crippen LogP contribution in [0.5, 0.6) is 0 Å². The number of sulfonamides is 1. The number of thiazole rings is 1. The lowest BCUT2D eigenvalue weighted by Crippen LogP contribution is -2.33. The summed E-state index contributed by atoms with van der Waals surface area (Å²) < 4.78 is 31.1. The van der Waals surface area contributed by atoms with Gasteiger partial charge in [-0.1, -0.05) is 33.1 Å². The summed E-state index contributed by atoms with van der Waals surface area (Å²) in [7, 11) is -2.00. The topological polar surface area (TPSA) is 76.6 Å². The van der Waals surface area contributed by atoms with Crippen molar-refractivity contribution in [1.82, 2.24) is 9.29 Å². The van der Waals surface area contributed by atoms with Crippen LogP contribution in [0.3, 0.4) is 0 Å². The van der Waals surface area contributed by atoms with E-state index in [0.717, 1.165) is 25.7 Å². The molecule has 0 atom stereocenters. The van der Waals surface area contributed by atoms with Crippen LogP contribution < -0.4 is 0 Å². The number of unbranched alkanes of at least 4 members (excludes halogenated alkanes) is 3. The molecule has 0 saturated heterocycles. The zero-order valence-electron chi connectivity index (χ0n) is 14.1. The molecule has 0 N–H and O–H groups in total. The van der Waals surface area contributed by atoms with Crippen LogP contribution in [0, 0.1) is 0 Å². The molecule has 0 aliphatic heterocycles. The van der Waals surface area contributed by atoms with Gasteiger partial charge in [-0.2, -0.15) is 4.31 Å². The quantitative estimate of drug-likeness (QED) is 0.447. The summed E-state index contributed by atoms with van der Waals surface area (Å²) in [5.41, 5.74) is 0.229. The lowest BCUT2D eigenvalue weighted by atomic mass is 10.2. The number of hydrogen-bond acceptors (Lipinski definition) is 6. The Hall–Kier alpha value is -0.990. The van der Waals surface area contributed by atoms with Crippen LogP contribution in [-0.2, 0) is 21.3 Å². The van der Waals surface area contributed by atoms with E-state index in [2.05, 4.69) is 16.6 Å². The third-order valence-corrected chi connectivity index (χ3v) is 6.15. The summed E-state index contributed by atoms with van der Waals surface area (Å²) in [5, 5.41) is 2.21. The molecule has 1 heterocycles. The highest BCUT2D eigenvalue weighted by atomic mass is 32.2. The second kappa shape index (κ2) is 10.00. The summed E-state index contributed by atoms with van der Waals surface area (Å²) in [6.45, 7) is 4.77. The van der Waals surface area contributed by atoms with E-state index in [1.54, 1.807) is 5.38 Å². The van der Waals surface area contributed by atoms with Crippen molar-refractivity contribution in [3.8, 4) is 0 Å². The van der Waals surface area contributed by atoms with Gasteiger partial charge in [0.25, 0.3) is 0 Å². The molecule has 0 spiro atoms. The van der Waals surface area contributed by atoms with Gasteiger partial charge in [0.2, 0.25) is 10.0 Å². The molecular weight excluding hydrogens is 336 g/mol. The van der Waals surface area contributed by atoms with Crippen LogP contribution >= 0.6 is 11.3 Å². The highest BCUT2D eigenvalue weighted by molar-refractivity contribution is 7.89. The standard InChI is InChI=1S/C15H26N2O4S2/c1-4-6-8-9-17(23(19,20)10-7-5-2)11-14-16-13(12-22-14)15(18)21-3/h12H,4-11H2,1-3H3. The number of carbonyl (C=O) groups excluding carboxylic acids is 1. The fourth-order valence-corrected chi connectivity index (χ4v) is 4.54. The van der Waals surface area contributed by atoms with Gasteiger partial charge in [-0.25, -0.2) is 18.2 Å². The van der Waals surface area contributed by atoms with Crippen LogP contribution in [0.25, 0.3) is 0 Å². The Morgan fingerprint density at radius 2 is 1.96 bits per heavy atom. The molecule has 0 aromatic carbocycles. The van der Waals surface area contributed by atoms with Crippen LogP contribution in [0.1, 0.15) is 61.4 Å². The molecule has 8 heteroatoms. The number of esters is 1. The minimum atomic E-state index is -3.30. The maximum Gasteiger partial charge on any atom is 0.357 e. The average Bonchev–Trinajstić information content (AvgIpc) is 3.00. The van der Waals surface area contributed by atoms with Gasteiger partial charge in [0.15, 0.2) is 5.69 Å². The van der Waals surface area contributed by atoms with E-state index in [0.29, 0.717) is 18.0 Å². The first-order chi connectivity index (χ1) is 10.9. The van der Waals surface area contributed by atoms with Gasteiger partial charge >= 0.3 is 5.97 Å². The fraction of sp³-hybridized carbons (Fsp3) is 0.733. The average molecular weight is 363 g/mol. The van der Waals surface area contributed by atoms with Gasteiger partial charge in [-0.3, -0.25) is 0 Å². The third kappa shape index (κ3) is 6.56. The number of ether oxygens (including phenoxy) is 1. The Morgan fingerprint density at radius 3 is 2.57 bits per heavy atom. The van der Waals surface area contributed by atoms with Crippen molar-refractivity contribution in [3.05, 3.63) is 16.1 Å². The van der Waals surface area contributed by atoms with Gasteiger partial charge in [0.05, 0.1) is 19.4 Å². The van der Waals surface area contributed by atoms with Crippen LogP contribution in [0.15, 0.2) is 5.38 Å². The molecule has 0 bridgehead atoms. The van der Waals surface area contributed by atoms with E-state index < -0.39 is 16.0 Å². The lowest BCUT2D eigenvalue weighted by molar-refractivity contribution is 0.0594. The fourth-order valence-electron chi connectivity index (χ4n) is 2.04. The van der Waals surface area contributed by atoms with E-state index in [1.807, 2.05) is 6.92 Å². The van der Waals surface area contributed by atoms with Crippen molar-refractivity contribution >= 4 is 27.3 Å². The number of hydrogen-bond donors (Lipinski definition) is 0. The first-order valence-electron chi connectivity index (χ1n) is 7.95. The van der Waals surface area contributed by atoms with E-state index in [4.69, 9.17) is 0 Å². The number of methoxy groups -OCH3 is 1. The summed E-state index contributed by atoms with van der Waals surface area (Å²) in [6.07, 6.45) is 4.35. The second-order valence-electron chi connectivity index (χ2n) is 5.33. The van der Waals surface area contributed by atoms with Crippen LogP contribution in [0.4, 0.5) is 0 Å². The second-order valence-corrected chi connectivity index (χ2v) is 8.36.